The van der Waals surface area contributed by atoms with Gasteiger partial charge in [-0.25, -0.2) is 9.97 Å². The Kier molecular flexibility index (Phi) is 3.89. The van der Waals surface area contributed by atoms with Crippen molar-refractivity contribution in [3.8, 4) is 0 Å². The summed E-state index contributed by atoms with van der Waals surface area (Å²) in [6.45, 7) is 4.51. The predicted molar refractivity (Wildman–Crippen MR) is 83.4 cm³/mol. The molecule has 0 radical (unpaired) electrons. The van der Waals surface area contributed by atoms with Gasteiger partial charge >= 0.3 is 0 Å². The minimum Gasteiger partial charge on any atom is -0.394 e. The predicted octanol–water partition coefficient (Wildman–Crippen LogP) is 3.00. The average Bonchev–Trinajstić information content (AvgIpc) is 2.82. The standard InChI is InChI=1S/C15H21N3OS/c1-3-10(7-19)18-14-13-11-5-4-9(2)6-12(11)20-15(13)17-8-16-14/h8-10,19H,3-7H2,1-2H3,(H,16,17,18)/t9-,10-/m0/s1. The van der Waals surface area contributed by atoms with Crippen LogP contribution in [0.25, 0.3) is 10.2 Å². The second-order valence-corrected chi connectivity index (χ2v) is 6.77. The van der Waals surface area contributed by atoms with E-state index in [2.05, 4.69) is 29.1 Å². The van der Waals surface area contributed by atoms with Crippen LogP contribution >= 0.6 is 11.3 Å². The van der Waals surface area contributed by atoms with Gasteiger partial charge in [0, 0.05) is 4.88 Å². The van der Waals surface area contributed by atoms with Crippen LogP contribution in [0.1, 0.15) is 37.1 Å². The molecule has 2 N–H and O–H groups in total. The summed E-state index contributed by atoms with van der Waals surface area (Å²) in [7, 11) is 0. The van der Waals surface area contributed by atoms with Crippen molar-refractivity contribution >= 4 is 27.4 Å². The zero-order valence-corrected chi connectivity index (χ0v) is 12.8. The van der Waals surface area contributed by atoms with Gasteiger partial charge in [-0.3, -0.25) is 0 Å². The van der Waals surface area contributed by atoms with Crippen LogP contribution < -0.4 is 5.32 Å². The molecule has 0 unspecified atom stereocenters. The van der Waals surface area contributed by atoms with Gasteiger partial charge in [-0.1, -0.05) is 13.8 Å². The molecule has 0 bridgehead atoms. The highest BCUT2D eigenvalue weighted by Crippen LogP contribution is 2.39. The minimum absolute atomic E-state index is 0.0613. The van der Waals surface area contributed by atoms with E-state index >= 15 is 0 Å². The lowest BCUT2D eigenvalue weighted by molar-refractivity contribution is 0.271. The van der Waals surface area contributed by atoms with Gasteiger partial charge < -0.3 is 10.4 Å². The summed E-state index contributed by atoms with van der Waals surface area (Å²) in [6.07, 6.45) is 6.03. The molecular weight excluding hydrogens is 270 g/mol. The molecule has 2 aromatic heterocycles. The van der Waals surface area contributed by atoms with Crippen LogP contribution in [0.2, 0.25) is 0 Å². The van der Waals surface area contributed by atoms with Crippen molar-refractivity contribution in [1.82, 2.24) is 9.97 Å². The van der Waals surface area contributed by atoms with E-state index in [1.54, 1.807) is 17.7 Å². The summed E-state index contributed by atoms with van der Waals surface area (Å²) in [5.74, 6) is 1.66. The first-order valence-electron chi connectivity index (χ1n) is 7.35. The molecule has 0 amide bonds. The Labute approximate surface area is 123 Å². The third kappa shape index (κ3) is 2.40. The van der Waals surface area contributed by atoms with Crippen LogP contribution in [-0.4, -0.2) is 27.7 Å². The first kappa shape index (κ1) is 13.8. The van der Waals surface area contributed by atoms with E-state index in [0.717, 1.165) is 35.8 Å². The van der Waals surface area contributed by atoms with Crippen molar-refractivity contribution in [2.45, 2.75) is 45.6 Å². The Morgan fingerprint density at radius 1 is 1.50 bits per heavy atom. The molecule has 3 rings (SSSR count). The molecule has 2 atom stereocenters. The van der Waals surface area contributed by atoms with Gasteiger partial charge in [0.1, 0.15) is 17.0 Å². The average molecular weight is 291 g/mol. The van der Waals surface area contributed by atoms with Gasteiger partial charge in [0.2, 0.25) is 0 Å². The number of hydrogen-bond donors (Lipinski definition) is 2. The lowest BCUT2D eigenvalue weighted by atomic mass is 9.89. The normalized spacial score (nSPS) is 19.9. The van der Waals surface area contributed by atoms with Gasteiger partial charge in [0.25, 0.3) is 0 Å². The van der Waals surface area contributed by atoms with Gasteiger partial charge in [-0.15, -0.1) is 11.3 Å². The number of fused-ring (bicyclic) bond motifs is 3. The van der Waals surface area contributed by atoms with Crippen LogP contribution in [0.15, 0.2) is 6.33 Å². The Morgan fingerprint density at radius 3 is 3.10 bits per heavy atom. The Hall–Kier alpha value is -1.20. The van der Waals surface area contributed by atoms with Gasteiger partial charge in [-0.05, 0) is 37.2 Å². The summed E-state index contributed by atoms with van der Waals surface area (Å²) >= 11 is 1.81. The highest BCUT2D eigenvalue weighted by Gasteiger charge is 2.23. The number of aliphatic hydroxyl groups excluding tert-OH is 1. The van der Waals surface area contributed by atoms with E-state index < -0.39 is 0 Å². The summed E-state index contributed by atoms with van der Waals surface area (Å²) < 4.78 is 0. The van der Waals surface area contributed by atoms with E-state index in [4.69, 9.17) is 0 Å². The van der Waals surface area contributed by atoms with Crippen molar-refractivity contribution in [1.29, 1.82) is 0 Å². The monoisotopic (exact) mass is 291 g/mol. The van der Waals surface area contributed by atoms with E-state index in [-0.39, 0.29) is 12.6 Å². The van der Waals surface area contributed by atoms with Crippen LogP contribution in [0.4, 0.5) is 5.82 Å². The summed E-state index contributed by atoms with van der Waals surface area (Å²) in [4.78, 5) is 11.4. The number of nitrogens with zero attached hydrogens (tertiary/aromatic N) is 2. The fraction of sp³-hybridized carbons (Fsp3) is 0.600. The second kappa shape index (κ2) is 5.66. The molecule has 0 aliphatic heterocycles. The summed E-state index contributed by atoms with van der Waals surface area (Å²) in [6, 6.07) is 0.0613. The molecule has 1 aliphatic carbocycles. The largest absolute Gasteiger partial charge is 0.394 e. The van der Waals surface area contributed by atoms with Crippen LogP contribution in [0.5, 0.6) is 0 Å². The fourth-order valence-electron chi connectivity index (χ4n) is 2.85. The van der Waals surface area contributed by atoms with Gasteiger partial charge in [-0.2, -0.15) is 0 Å². The number of anilines is 1. The van der Waals surface area contributed by atoms with Crippen molar-refractivity contribution in [3.63, 3.8) is 0 Å². The van der Waals surface area contributed by atoms with Gasteiger partial charge in [0.05, 0.1) is 18.0 Å². The third-order valence-electron chi connectivity index (χ3n) is 4.15. The third-order valence-corrected chi connectivity index (χ3v) is 5.31. The first-order valence-corrected chi connectivity index (χ1v) is 8.17. The number of aromatic nitrogens is 2. The van der Waals surface area contributed by atoms with Crippen LogP contribution in [0, 0.1) is 5.92 Å². The fourth-order valence-corrected chi connectivity index (χ4v) is 4.21. The lowest BCUT2D eigenvalue weighted by Crippen LogP contribution is -2.23. The molecule has 2 heterocycles. The van der Waals surface area contributed by atoms with E-state index in [9.17, 15) is 5.11 Å². The molecule has 5 heteroatoms. The van der Waals surface area contributed by atoms with Crippen molar-refractivity contribution in [2.75, 3.05) is 11.9 Å². The number of rotatable bonds is 4. The number of aryl methyl sites for hydroxylation is 1. The van der Waals surface area contributed by atoms with E-state index in [1.165, 1.54) is 22.2 Å². The Bertz CT molecular complexity index is 606. The number of hydrogen-bond acceptors (Lipinski definition) is 5. The molecule has 1 aliphatic rings. The van der Waals surface area contributed by atoms with E-state index in [1.807, 2.05) is 0 Å². The molecule has 4 nitrogen and oxygen atoms in total. The minimum atomic E-state index is 0.0613. The van der Waals surface area contributed by atoms with Crippen molar-refractivity contribution < 1.29 is 5.11 Å². The SMILES string of the molecule is CC[C@@H](CO)Nc1ncnc2sc3c(c12)CC[C@H](C)C3. The quantitative estimate of drug-likeness (QED) is 0.909. The van der Waals surface area contributed by atoms with Crippen molar-refractivity contribution in [3.05, 3.63) is 16.8 Å². The summed E-state index contributed by atoms with van der Waals surface area (Å²) in [5, 5.41) is 13.9. The highest BCUT2D eigenvalue weighted by molar-refractivity contribution is 7.19. The zero-order chi connectivity index (χ0) is 14.1. The Balaban J connectivity index is 2.05. The molecule has 108 valence electrons. The molecule has 0 aromatic carbocycles. The molecule has 2 aromatic rings. The second-order valence-electron chi connectivity index (χ2n) is 5.69. The lowest BCUT2D eigenvalue weighted by Gasteiger charge is -2.19. The maximum absolute atomic E-state index is 9.38. The number of thiophene rings is 1. The molecule has 0 spiro atoms. The van der Waals surface area contributed by atoms with Crippen molar-refractivity contribution in [2.24, 2.45) is 5.92 Å². The topological polar surface area (TPSA) is 58.0 Å². The molecule has 0 saturated carbocycles. The molecule has 0 fully saturated rings. The first-order chi connectivity index (χ1) is 9.72. The molecule has 0 saturated heterocycles. The zero-order valence-electron chi connectivity index (χ0n) is 12.0. The van der Waals surface area contributed by atoms with Crippen LogP contribution in [-0.2, 0) is 12.8 Å². The van der Waals surface area contributed by atoms with Crippen LogP contribution in [0.3, 0.4) is 0 Å². The maximum Gasteiger partial charge on any atom is 0.138 e. The highest BCUT2D eigenvalue weighted by atomic mass is 32.1. The maximum atomic E-state index is 9.38. The van der Waals surface area contributed by atoms with E-state index in [0.29, 0.717) is 0 Å². The Morgan fingerprint density at radius 2 is 2.35 bits per heavy atom. The number of aliphatic hydroxyl groups is 1. The molecular formula is C15H21N3OS. The smallest absolute Gasteiger partial charge is 0.138 e. The number of nitrogens with one attached hydrogen (secondary N) is 1. The molecule has 20 heavy (non-hydrogen) atoms. The van der Waals surface area contributed by atoms with Gasteiger partial charge in [0.15, 0.2) is 0 Å². The summed E-state index contributed by atoms with van der Waals surface area (Å²) in [5.41, 5.74) is 1.43.